The summed E-state index contributed by atoms with van der Waals surface area (Å²) >= 11 is 0. The summed E-state index contributed by atoms with van der Waals surface area (Å²) in [5.74, 6) is -1.11. The van der Waals surface area contributed by atoms with Gasteiger partial charge in [0.25, 0.3) is 11.8 Å². The average molecular weight is 315 g/mol. The summed E-state index contributed by atoms with van der Waals surface area (Å²) in [7, 11) is 0. The minimum atomic E-state index is -0.422. The molecule has 0 radical (unpaired) electrons. The molecule has 5 nitrogen and oxygen atoms in total. The summed E-state index contributed by atoms with van der Waals surface area (Å²) in [6, 6.07) is 6.88. The number of nitrogens with zero attached hydrogens (tertiary/aromatic N) is 1. The molecule has 2 amide bonds. The molecule has 0 fully saturated rings. The number of nitrogens with one attached hydrogen (secondary N) is 2. The summed E-state index contributed by atoms with van der Waals surface area (Å²) < 4.78 is 12.9. The zero-order valence-electron chi connectivity index (χ0n) is 13.2. The number of carbonyl (C=O) groups is 2. The summed E-state index contributed by atoms with van der Waals surface area (Å²) in [5, 5.41) is 5.43. The lowest BCUT2D eigenvalue weighted by Crippen LogP contribution is -2.40. The number of carbonyl (C=O) groups excluding carboxylic acids is 2. The molecular weight excluding hydrogens is 297 g/mol. The van der Waals surface area contributed by atoms with E-state index in [0.717, 1.165) is 0 Å². The van der Waals surface area contributed by atoms with Crippen LogP contribution in [0, 0.1) is 5.82 Å². The smallest absolute Gasteiger partial charge is 0.257 e. The zero-order valence-corrected chi connectivity index (χ0v) is 13.2. The highest BCUT2D eigenvalue weighted by Gasteiger charge is 2.17. The Morgan fingerprint density at radius 2 is 1.57 bits per heavy atom. The van der Waals surface area contributed by atoms with E-state index in [1.807, 2.05) is 20.8 Å². The van der Waals surface area contributed by atoms with Gasteiger partial charge in [-0.05, 0) is 51.1 Å². The van der Waals surface area contributed by atoms with Crippen LogP contribution in [0.3, 0.4) is 0 Å². The van der Waals surface area contributed by atoms with Crippen molar-refractivity contribution in [1.29, 1.82) is 0 Å². The molecule has 1 aromatic carbocycles. The summed E-state index contributed by atoms with van der Waals surface area (Å²) in [6.07, 6.45) is 2.77. The molecule has 2 N–H and O–H groups in total. The van der Waals surface area contributed by atoms with Crippen molar-refractivity contribution in [3.05, 3.63) is 59.7 Å². The number of aromatic nitrogens is 1. The largest absolute Gasteiger partial charge is 0.347 e. The van der Waals surface area contributed by atoms with Crippen LogP contribution in [-0.4, -0.2) is 22.3 Å². The van der Waals surface area contributed by atoms with Crippen LogP contribution in [0.4, 0.5) is 10.1 Å². The van der Waals surface area contributed by atoms with E-state index in [2.05, 4.69) is 15.6 Å². The second kappa shape index (κ2) is 6.56. The molecule has 2 aromatic rings. The van der Waals surface area contributed by atoms with Crippen LogP contribution in [0.5, 0.6) is 0 Å². The molecule has 0 saturated carbocycles. The molecule has 1 heterocycles. The lowest BCUT2D eigenvalue weighted by molar-refractivity contribution is 0.0919. The van der Waals surface area contributed by atoms with Gasteiger partial charge in [-0.15, -0.1) is 0 Å². The van der Waals surface area contributed by atoms with Gasteiger partial charge in [-0.3, -0.25) is 14.6 Å². The van der Waals surface area contributed by atoms with Crippen molar-refractivity contribution < 1.29 is 14.0 Å². The Hall–Kier alpha value is -2.76. The van der Waals surface area contributed by atoms with E-state index in [-0.39, 0.29) is 22.8 Å². The van der Waals surface area contributed by atoms with Gasteiger partial charge in [0.1, 0.15) is 5.82 Å². The Labute approximate surface area is 133 Å². The van der Waals surface area contributed by atoms with Gasteiger partial charge in [0.15, 0.2) is 0 Å². The Bertz CT molecular complexity index is 721. The minimum Gasteiger partial charge on any atom is -0.347 e. The number of benzene rings is 1. The first-order valence-corrected chi connectivity index (χ1v) is 7.09. The maximum Gasteiger partial charge on any atom is 0.257 e. The normalized spacial score (nSPS) is 11.0. The highest BCUT2D eigenvalue weighted by Crippen LogP contribution is 2.11. The maximum atomic E-state index is 12.9. The van der Waals surface area contributed by atoms with Crippen LogP contribution in [0.25, 0.3) is 0 Å². The van der Waals surface area contributed by atoms with E-state index >= 15 is 0 Å². The van der Waals surface area contributed by atoms with Gasteiger partial charge in [0.2, 0.25) is 0 Å². The number of hydrogen-bond donors (Lipinski definition) is 2. The van der Waals surface area contributed by atoms with Crippen LogP contribution in [0.15, 0.2) is 42.7 Å². The second-order valence-electron chi connectivity index (χ2n) is 6.13. The number of halogens is 1. The Balaban J connectivity index is 2.14. The SMILES string of the molecule is CC(C)(C)NC(=O)c1cncc(C(=O)Nc2ccc(F)cc2)c1. The molecule has 0 spiro atoms. The minimum absolute atomic E-state index is 0.246. The molecule has 2 rings (SSSR count). The molecule has 0 bridgehead atoms. The first kappa shape index (κ1) is 16.6. The molecule has 0 aliphatic carbocycles. The topological polar surface area (TPSA) is 71.1 Å². The molecule has 0 aliphatic rings. The number of pyridine rings is 1. The van der Waals surface area contributed by atoms with Crippen molar-refractivity contribution in [1.82, 2.24) is 10.3 Å². The van der Waals surface area contributed by atoms with Crippen molar-refractivity contribution in [3.8, 4) is 0 Å². The number of amides is 2. The quantitative estimate of drug-likeness (QED) is 0.914. The molecule has 1 aromatic heterocycles. The zero-order chi connectivity index (χ0) is 17.0. The molecule has 0 atom stereocenters. The van der Waals surface area contributed by atoms with Crippen LogP contribution in [0.2, 0.25) is 0 Å². The molecular formula is C17H18FN3O2. The fourth-order valence-electron chi connectivity index (χ4n) is 1.84. The molecule has 23 heavy (non-hydrogen) atoms. The highest BCUT2D eigenvalue weighted by atomic mass is 19.1. The fourth-order valence-corrected chi connectivity index (χ4v) is 1.84. The lowest BCUT2D eigenvalue weighted by Gasteiger charge is -2.20. The van der Waals surface area contributed by atoms with Gasteiger partial charge < -0.3 is 10.6 Å². The molecule has 0 unspecified atom stereocenters. The fraction of sp³-hybridized carbons (Fsp3) is 0.235. The van der Waals surface area contributed by atoms with Gasteiger partial charge >= 0.3 is 0 Å². The summed E-state index contributed by atoms with van der Waals surface area (Å²) in [5.41, 5.74) is 0.618. The van der Waals surface area contributed by atoms with Crippen LogP contribution in [-0.2, 0) is 0 Å². The highest BCUT2D eigenvalue weighted by molar-refractivity contribution is 6.05. The van der Waals surface area contributed by atoms with Crippen molar-refractivity contribution >= 4 is 17.5 Å². The first-order valence-electron chi connectivity index (χ1n) is 7.09. The van der Waals surface area contributed by atoms with Gasteiger partial charge in [-0.25, -0.2) is 4.39 Å². The summed E-state index contributed by atoms with van der Waals surface area (Å²) in [4.78, 5) is 28.2. The third kappa shape index (κ3) is 4.88. The lowest BCUT2D eigenvalue weighted by atomic mass is 10.1. The number of rotatable bonds is 3. The van der Waals surface area contributed by atoms with E-state index in [4.69, 9.17) is 0 Å². The molecule has 0 aliphatic heterocycles. The Kier molecular flexibility index (Phi) is 4.74. The van der Waals surface area contributed by atoms with Gasteiger partial charge in [0, 0.05) is 23.6 Å². The Morgan fingerprint density at radius 1 is 1.00 bits per heavy atom. The van der Waals surface area contributed by atoms with Gasteiger partial charge in [-0.1, -0.05) is 0 Å². The standard InChI is InChI=1S/C17H18FN3O2/c1-17(2,3)21-16(23)12-8-11(9-19-10-12)15(22)20-14-6-4-13(18)5-7-14/h4-10H,1-3H3,(H,20,22)(H,21,23). The van der Waals surface area contributed by atoms with E-state index in [1.54, 1.807) is 0 Å². The molecule has 6 heteroatoms. The predicted octanol–water partition coefficient (Wildman–Crippen LogP) is 3.00. The molecule has 120 valence electrons. The van der Waals surface area contributed by atoms with Crippen molar-refractivity contribution in [2.75, 3.05) is 5.32 Å². The van der Waals surface area contributed by atoms with E-state index in [1.165, 1.54) is 42.7 Å². The first-order chi connectivity index (χ1) is 10.7. The maximum absolute atomic E-state index is 12.9. The van der Waals surface area contributed by atoms with Crippen molar-refractivity contribution in [2.24, 2.45) is 0 Å². The van der Waals surface area contributed by atoms with Crippen LogP contribution in [0.1, 0.15) is 41.5 Å². The van der Waals surface area contributed by atoms with Gasteiger partial charge in [-0.2, -0.15) is 0 Å². The van der Waals surface area contributed by atoms with E-state index < -0.39 is 5.91 Å². The van der Waals surface area contributed by atoms with Crippen molar-refractivity contribution in [3.63, 3.8) is 0 Å². The third-order valence-corrected chi connectivity index (χ3v) is 2.85. The second-order valence-corrected chi connectivity index (χ2v) is 6.13. The number of hydrogen-bond acceptors (Lipinski definition) is 3. The van der Waals surface area contributed by atoms with Crippen LogP contribution < -0.4 is 10.6 Å². The van der Waals surface area contributed by atoms with Crippen molar-refractivity contribution in [2.45, 2.75) is 26.3 Å². The molecule has 0 saturated heterocycles. The third-order valence-electron chi connectivity index (χ3n) is 2.85. The van der Waals surface area contributed by atoms with E-state index in [9.17, 15) is 14.0 Å². The van der Waals surface area contributed by atoms with Gasteiger partial charge in [0.05, 0.1) is 11.1 Å². The van der Waals surface area contributed by atoms with E-state index in [0.29, 0.717) is 11.3 Å². The number of anilines is 1. The average Bonchev–Trinajstić information content (AvgIpc) is 2.48. The Morgan fingerprint density at radius 3 is 2.13 bits per heavy atom. The monoisotopic (exact) mass is 315 g/mol. The predicted molar refractivity (Wildman–Crippen MR) is 85.8 cm³/mol. The summed E-state index contributed by atoms with van der Waals surface area (Å²) in [6.45, 7) is 5.59. The van der Waals surface area contributed by atoms with Crippen LogP contribution >= 0.6 is 0 Å².